The number of rotatable bonds is 4. The zero-order valence-corrected chi connectivity index (χ0v) is 10.7. The smallest absolute Gasteiger partial charge is 0.123 e. The highest BCUT2D eigenvalue weighted by Crippen LogP contribution is 2.26. The quantitative estimate of drug-likeness (QED) is 0.821. The van der Waals surface area contributed by atoms with Gasteiger partial charge in [-0.05, 0) is 37.6 Å². The number of nitrogens with zero attached hydrogens (tertiary/aromatic N) is 2. The number of aryl methyl sites for hydroxylation is 1. The monoisotopic (exact) mass is 240 g/mol. The van der Waals surface area contributed by atoms with Gasteiger partial charge in [-0.3, -0.25) is 0 Å². The SMILES string of the molecule is CCN(Cc1ccco1)c1c(C)cccc1C#N. The molecule has 3 heteroatoms. The Morgan fingerprint density at radius 1 is 1.28 bits per heavy atom. The van der Waals surface area contributed by atoms with Crippen LogP contribution in [0.5, 0.6) is 0 Å². The minimum Gasteiger partial charge on any atom is -0.467 e. The van der Waals surface area contributed by atoms with Crippen LogP contribution in [-0.4, -0.2) is 6.54 Å². The highest BCUT2D eigenvalue weighted by Gasteiger charge is 2.13. The van der Waals surface area contributed by atoms with E-state index >= 15 is 0 Å². The maximum Gasteiger partial charge on any atom is 0.123 e. The number of nitriles is 1. The molecule has 2 aromatic rings. The lowest BCUT2D eigenvalue weighted by Crippen LogP contribution is -2.23. The van der Waals surface area contributed by atoms with Crippen molar-refractivity contribution in [2.75, 3.05) is 11.4 Å². The van der Waals surface area contributed by atoms with Gasteiger partial charge in [0, 0.05) is 6.54 Å². The van der Waals surface area contributed by atoms with Crippen LogP contribution in [-0.2, 0) is 6.54 Å². The van der Waals surface area contributed by atoms with Crippen molar-refractivity contribution in [3.05, 3.63) is 53.5 Å². The van der Waals surface area contributed by atoms with Gasteiger partial charge in [0.15, 0.2) is 0 Å². The largest absolute Gasteiger partial charge is 0.467 e. The molecule has 0 aliphatic heterocycles. The first-order valence-electron chi connectivity index (χ1n) is 6.03. The van der Waals surface area contributed by atoms with Crippen molar-refractivity contribution in [2.24, 2.45) is 0 Å². The fourth-order valence-electron chi connectivity index (χ4n) is 2.11. The first-order chi connectivity index (χ1) is 8.76. The minimum absolute atomic E-state index is 0.684. The van der Waals surface area contributed by atoms with Crippen molar-refractivity contribution in [2.45, 2.75) is 20.4 Å². The maximum absolute atomic E-state index is 9.21. The Hall–Kier alpha value is -2.21. The van der Waals surface area contributed by atoms with E-state index in [0.717, 1.165) is 23.6 Å². The van der Waals surface area contributed by atoms with Gasteiger partial charge in [0.25, 0.3) is 0 Å². The topological polar surface area (TPSA) is 40.2 Å². The molecule has 1 heterocycles. The summed E-state index contributed by atoms with van der Waals surface area (Å²) in [4.78, 5) is 2.16. The molecule has 0 atom stereocenters. The summed E-state index contributed by atoms with van der Waals surface area (Å²) in [6.45, 7) is 5.63. The van der Waals surface area contributed by atoms with E-state index in [0.29, 0.717) is 12.1 Å². The second-order valence-corrected chi connectivity index (χ2v) is 4.18. The predicted octanol–water partition coefficient (Wildman–Crippen LogP) is 3.49. The van der Waals surface area contributed by atoms with Gasteiger partial charge in [0.05, 0.1) is 24.1 Å². The minimum atomic E-state index is 0.684. The molecule has 0 aliphatic rings. The molecule has 0 bridgehead atoms. The van der Waals surface area contributed by atoms with Crippen molar-refractivity contribution >= 4 is 5.69 Å². The summed E-state index contributed by atoms with van der Waals surface area (Å²) in [5, 5.41) is 9.21. The molecular weight excluding hydrogens is 224 g/mol. The summed E-state index contributed by atoms with van der Waals surface area (Å²) in [6, 6.07) is 11.9. The number of hydrogen-bond donors (Lipinski definition) is 0. The highest BCUT2D eigenvalue weighted by molar-refractivity contribution is 5.63. The Balaban J connectivity index is 2.36. The fourth-order valence-corrected chi connectivity index (χ4v) is 2.11. The van der Waals surface area contributed by atoms with E-state index in [4.69, 9.17) is 4.42 Å². The number of furan rings is 1. The molecule has 3 nitrogen and oxygen atoms in total. The third kappa shape index (κ3) is 2.38. The standard InChI is InChI=1S/C15H16N2O/c1-3-17(11-14-8-5-9-18-14)15-12(2)6-4-7-13(15)10-16/h4-9H,3,11H2,1-2H3. The normalized spacial score (nSPS) is 10.1. The number of benzene rings is 1. The van der Waals surface area contributed by atoms with Crippen molar-refractivity contribution < 1.29 is 4.42 Å². The summed E-state index contributed by atoms with van der Waals surface area (Å²) in [6.07, 6.45) is 1.67. The van der Waals surface area contributed by atoms with Crippen molar-refractivity contribution in [1.82, 2.24) is 0 Å². The fraction of sp³-hybridized carbons (Fsp3) is 0.267. The van der Waals surface area contributed by atoms with Crippen LogP contribution in [0.2, 0.25) is 0 Å². The molecule has 1 aromatic carbocycles. The molecule has 0 fully saturated rings. The second kappa shape index (κ2) is 5.42. The molecular formula is C15H16N2O. The molecule has 0 aliphatic carbocycles. The molecule has 0 saturated heterocycles. The molecule has 0 N–H and O–H groups in total. The van der Waals surface area contributed by atoms with Crippen LogP contribution in [0.15, 0.2) is 41.0 Å². The van der Waals surface area contributed by atoms with Crippen LogP contribution in [0.25, 0.3) is 0 Å². The van der Waals surface area contributed by atoms with Crippen molar-refractivity contribution in [3.8, 4) is 6.07 Å². The van der Waals surface area contributed by atoms with E-state index in [1.807, 2.05) is 37.3 Å². The Morgan fingerprint density at radius 2 is 2.11 bits per heavy atom. The van der Waals surface area contributed by atoms with E-state index in [1.54, 1.807) is 6.26 Å². The molecule has 1 aromatic heterocycles. The summed E-state index contributed by atoms with van der Waals surface area (Å²) in [5.41, 5.74) is 2.82. The van der Waals surface area contributed by atoms with Gasteiger partial charge in [0.2, 0.25) is 0 Å². The predicted molar refractivity (Wildman–Crippen MR) is 71.3 cm³/mol. The van der Waals surface area contributed by atoms with Gasteiger partial charge in [-0.15, -0.1) is 0 Å². The first-order valence-corrected chi connectivity index (χ1v) is 6.03. The zero-order valence-electron chi connectivity index (χ0n) is 10.7. The lowest BCUT2D eigenvalue weighted by atomic mass is 10.1. The van der Waals surface area contributed by atoms with E-state index in [2.05, 4.69) is 17.9 Å². The second-order valence-electron chi connectivity index (χ2n) is 4.18. The molecule has 0 unspecified atom stereocenters. The molecule has 92 valence electrons. The zero-order chi connectivity index (χ0) is 13.0. The Morgan fingerprint density at radius 3 is 2.72 bits per heavy atom. The van der Waals surface area contributed by atoms with Gasteiger partial charge in [0.1, 0.15) is 11.8 Å². The van der Waals surface area contributed by atoms with Crippen LogP contribution < -0.4 is 4.90 Å². The van der Waals surface area contributed by atoms with E-state index in [1.165, 1.54) is 0 Å². The van der Waals surface area contributed by atoms with Gasteiger partial charge in [-0.25, -0.2) is 0 Å². The molecule has 2 rings (SSSR count). The summed E-state index contributed by atoms with van der Waals surface area (Å²) >= 11 is 0. The summed E-state index contributed by atoms with van der Waals surface area (Å²) in [5.74, 6) is 0.906. The van der Waals surface area contributed by atoms with Crippen LogP contribution in [0.3, 0.4) is 0 Å². The Bertz CT molecular complexity index is 552. The molecule has 18 heavy (non-hydrogen) atoms. The molecule has 0 amide bonds. The molecule has 0 saturated carbocycles. The van der Waals surface area contributed by atoms with Gasteiger partial charge < -0.3 is 9.32 Å². The average Bonchev–Trinajstić information content (AvgIpc) is 2.89. The molecule has 0 radical (unpaired) electrons. The van der Waals surface area contributed by atoms with Gasteiger partial charge >= 0.3 is 0 Å². The van der Waals surface area contributed by atoms with Crippen molar-refractivity contribution in [1.29, 1.82) is 5.26 Å². The van der Waals surface area contributed by atoms with Crippen LogP contribution in [0.1, 0.15) is 23.8 Å². The molecule has 0 spiro atoms. The third-order valence-corrected chi connectivity index (χ3v) is 2.98. The number of hydrogen-bond acceptors (Lipinski definition) is 3. The number of para-hydroxylation sites is 1. The lowest BCUT2D eigenvalue weighted by Gasteiger charge is -2.24. The average molecular weight is 240 g/mol. The lowest BCUT2D eigenvalue weighted by molar-refractivity contribution is 0.503. The van der Waals surface area contributed by atoms with Crippen molar-refractivity contribution in [3.63, 3.8) is 0 Å². The number of anilines is 1. The summed E-state index contributed by atoms with van der Waals surface area (Å²) < 4.78 is 5.38. The van der Waals surface area contributed by atoms with Crippen LogP contribution in [0, 0.1) is 18.3 Å². The van der Waals surface area contributed by atoms with E-state index in [9.17, 15) is 5.26 Å². The summed E-state index contributed by atoms with van der Waals surface area (Å²) in [7, 11) is 0. The Labute approximate surface area is 107 Å². The van der Waals surface area contributed by atoms with E-state index < -0.39 is 0 Å². The van der Waals surface area contributed by atoms with E-state index in [-0.39, 0.29) is 0 Å². The third-order valence-electron chi connectivity index (χ3n) is 2.98. The first kappa shape index (κ1) is 12.3. The maximum atomic E-state index is 9.21. The van der Waals surface area contributed by atoms with Gasteiger partial charge in [-0.1, -0.05) is 12.1 Å². The van der Waals surface area contributed by atoms with Crippen LogP contribution >= 0.6 is 0 Å². The highest BCUT2D eigenvalue weighted by atomic mass is 16.3. The van der Waals surface area contributed by atoms with Crippen LogP contribution in [0.4, 0.5) is 5.69 Å². The van der Waals surface area contributed by atoms with Gasteiger partial charge in [-0.2, -0.15) is 5.26 Å². The Kier molecular flexibility index (Phi) is 3.69.